The minimum atomic E-state index is 0. The lowest BCUT2D eigenvalue weighted by atomic mass is 10.1. The summed E-state index contributed by atoms with van der Waals surface area (Å²) < 4.78 is 0. The summed E-state index contributed by atoms with van der Waals surface area (Å²) in [5, 5.41) is 0.948. The summed E-state index contributed by atoms with van der Waals surface area (Å²) >= 11 is 7.80. The van der Waals surface area contributed by atoms with Crippen LogP contribution >= 0.6 is 35.8 Å². The van der Waals surface area contributed by atoms with Gasteiger partial charge in [-0.05, 0) is 43.9 Å². The number of benzene rings is 2. The van der Waals surface area contributed by atoms with Crippen molar-refractivity contribution in [2.75, 3.05) is 32.1 Å². The summed E-state index contributed by atoms with van der Waals surface area (Å²) in [7, 11) is 3.83. The zero-order valence-corrected chi connectivity index (χ0v) is 16.0. The molecule has 0 aromatic heterocycles. The Morgan fingerprint density at radius 1 is 1.21 bits per heavy atom. The van der Waals surface area contributed by atoms with E-state index in [0.29, 0.717) is 13.1 Å². The van der Waals surface area contributed by atoms with Gasteiger partial charge in [-0.2, -0.15) is 0 Å². The van der Waals surface area contributed by atoms with Crippen molar-refractivity contribution in [2.24, 2.45) is 0 Å². The van der Waals surface area contributed by atoms with Crippen LogP contribution in [0.15, 0.2) is 53.4 Å². The second kappa shape index (κ2) is 8.26. The van der Waals surface area contributed by atoms with Crippen molar-refractivity contribution >= 4 is 47.4 Å². The lowest BCUT2D eigenvalue weighted by Crippen LogP contribution is -2.41. The van der Waals surface area contributed by atoms with Gasteiger partial charge < -0.3 is 9.80 Å². The van der Waals surface area contributed by atoms with Crippen molar-refractivity contribution in [3.05, 3.63) is 59.1 Å². The highest BCUT2D eigenvalue weighted by atomic mass is 35.5. The Morgan fingerprint density at radius 2 is 1.88 bits per heavy atom. The van der Waals surface area contributed by atoms with Gasteiger partial charge in [-0.25, -0.2) is 0 Å². The first-order chi connectivity index (χ1) is 11.0. The Balaban J connectivity index is 0.00000208. The molecule has 3 nitrogen and oxygen atoms in total. The lowest BCUT2D eigenvalue weighted by Gasteiger charge is -2.35. The topological polar surface area (TPSA) is 23.6 Å². The average molecular weight is 383 g/mol. The summed E-state index contributed by atoms with van der Waals surface area (Å²) in [5.74, 6) is 0.127. The van der Waals surface area contributed by atoms with E-state index >= 15 is 0 Å². The number of rotatable bonds is 3. The molecule has 2 aromatic carbocycles. The van der Waals surface area contributed by atoms with Gasteiger partial charge in [-0.15, -0.1) is 24.2 Å². The molecule has 0 bridgehead atoms. The van der Waals surface area contributed by atoms with Crippen LogP contribution in [0.1, 0.15) is 10.8 Å². The molecule has 0 saturated heterocycles. The number of anilines is 1. The van der Waals surface area contributed by atoms with Crippen molar-refractivity contribution in [2.45, 2.75) is 10.1 Å². The number of hydrogen-bond donors (Lipinski definition) is 0. The first kappa shape index (κ1) is 19.1. The summed E-state index contributed by atoms with van der Waals surface area (Å²) in [6, 6.07) is 16.0. The predicted molar refractivity (Wildman–Crippen MR) is 105 cm³/mol. The molecule has 0 spiro atoms. The molecule has 1 aliphatic rings. The number of nitrogens with zero attached hydrogens (tertiary/aromatic N) is 2. The SMILES string of the molecule is CN(C)CC(=O)N1CC(c2ccc(Cl)cc2)Sc2ccccc21.Cl. The molecule has 3 rings (SSSR count). The van der Waals surface area contributed by atoms with Crippen molar-refractivity contribution < 1.29 is 4.79 Å². The van der Waals surface area contributed by atoms with Crippen LogP contribution in [-0.4, -0.2) is 38.0 Å². The zero-order valence-electron chi connectivity index (χ0n) is 13.6. The van der Waals surface area contributed by atoms with Crippen molar-refractivity contribution in [1.29, 1.82) is 0 Å². The van der Waals surface area contributed by atoms with Crippen molar-refractivity contribution in [3.8, 4) is 0 Å². The molecule has 0 saturated carbocycles. The second-order valence-corrected chi connectivity index (χ2v) is 7.55. The van der Waals surface area contributed by atoms with E-state index in [0.717, 1.165) is 15.6 Å². The second-order valence-electron chi connectivity index (χ2n) is 5.87. The van der Waals surface area contributed by atoms with Crippen LogP contribution in [0.4, 0.5) is 5.69 Å². The van der Waals surface area contributed by atoms with E-state index in [2.05, 4.69) is 6.07 Å². The number of thioether (sulfide) groups is 1. The van der Waals surface area contributed by atoms with Crippen LogP contribution in [-0.2, 0) is 4.79 Å². The van der Waals surface area contributed by atoms with E-state index in [1.807, 2.05) is 66.4 Å². The lowest BCUT2D eigenvalue weighted by molar-refractivity contribution is -0.119. The van der Waals surface area contributed by atoms with E-state index in [9.17, 15) is 4.79 Å². The molecule has 0 radical (unpaired) electrons. The molecule has 1 atom stereocenters. The number of likely N-dealkylation sites (N-methyl/N-ethyl adjacent to an activating group) is 1. The molecule has 0 aliphatic carbocycles. The first-order valence-corrected chi connectivity index (χ1v) is 8.76. The smallest absolute Gasteiger partial charge is 0.241 e. The number of halogens is 2. The number of para-hydroxylation sites is 1. The minimum Gasteiger partial charge on any atom is -0.309 e. The molecule has 1 unspecified atom stereocenters. The molecule has 6 heteroatoms. The highest BCUT2D eigenvalue weighted by molar-refractivity contribution is 7.99. The van der Waals surface area contributed by atoms with Crippen LogP contribution in [0, 0.1) is 0 Å². The normalized spacial score (nSPS) is 16.5. The van der Waals surface area contributed by atoms with Gasteiger partial charge in [0.1, 0.15) is 0 Å². The van der Waals surface area contributed by atoms with Crippen LogP contribution in [0.5, 0.6) is 0 Å². The molecule has 0 fully saturated rings. The third-order valence-electron chi connectivity index (χ3n) is 3.77. The average Bonchev–Trinajstić information content (AvgIpc) is 2.54. The zero-order chi connectivity index (χ0) is 16.4. The third kappa shape index (κ3) is 4.25. The monoisotopic (exact) mass is 382 g/mol. The van der Waals surface area contributed by atoms with Gasteiger partial charge in [0.2, 0.25) is 5.91 Å². The molecule has 24 heavy (non-hydrogen) atoms. The Kier molecular flexibility index (Phi) is 6.58. The quantitative estimate of drug-likeness (QED) is 0.780. The number of carbonyl (C=O) groups is 1. The summed E-state index contributed by atoms with van der Waals surface area (Å²) in [5.41, 5.74) is 2.20. The fourth-order valence-corrected chi connectivity index (χ4v) is 4.08. The molecule has 1 heterocycles. The van der Waals surface area contributed by atoms with Gasteiger partial charge in [0.05, 0.1) is 17.5 Å². The maximum absolute atomic E-state index is 12.7. The summed E-state index contributed by atoms with van der Waals surface area (Å²) in [6.07, 6.45) is 0. The van der Waals surface area contributed by atoms with Crippen molar-refractivity contribution in [1.82, 2.24) is 4.90 Å². The van der Waals surface area contributed by atoms with E-state index in [1.165, 1.54) is 5.56 Å². The van der Waals surface area contributed by atoms with E-state index in [-0.39, 0.29) is 23.6 Å². The van der Waals surface area contributed by atoms with Gasteiger partial charge in [0.25, 0.3) is 0 Å². The van der Waals surface area contributed by atoms with Gasteiger partial charge in [0.15, 0.2) is 0 Å². The molecule has 1 amide bonds. The van der Waals surface area contributed by atoms with Crippen LogP contribution < -0.4 is 4.90 Å². The largest absolute Gasteiger partial charge is 0.309 e. The molecule has 0 N–H and O–H groups in total. The summed E-state index contributed by atoms with van der Waals surface area (Å²) in [4.78, 5) is 17.6. The number of carbonyl (C=O) groups excluding carboxylic acids is 1. The van der Waals surface area contributed by atoms with Crippen LogP contribution in [0.25, 0.3) is 0 Å². The fourth-order valence-electron chi connectivity index (χ4n) is 2.68. The van der Waals surface area contributed by atoms with Crippen LogP contribution in [0.2, 0.25) is 5.02 Å². The Labute approximate surface area is 158 Å². The van der Waals surface area contributed by atoms with Gasteiger partial charge >= 0.3 is 0 Å². The molecular formula is C18H20Cl2N2OS. The van der Waals surface area contributed by atoms with Gasteiger partial charge in [-0.3, -0.25) is 4.79 Å². The molecule has 1 aliphatic heterocycles. The van der Waals surface area contributed by atoms with Gasteiger partial charge in [-0.1, -0.05) is 35.9 Å². The standard InChI is InChI=1S/C18H19ClN2OS.ClH/c1-20(2)12-18(22)21-11-17(13-7-9-14(19)10-8-13)23-16-6-4-3-5-15(16)21;/h3-10,17H,11-12H2,1-2H3;1H. The third-order valence-corrected chi connectivity index (χ3v) is 5.32. The van der Waals surface area contributed by atoms with E-state index in [1.54, 1.807) is 11.8 Å². The number of fused-ring (bicyclic) bond motifs is 1. The summed E-state index contributed by atoms with van der Waals surface area (Å²) in [6.45, 7) is 1.09. The highest BCUT2D eigenvalue weighted by Crippen LogP contribution is 2.45. The van der Waals surface area contributed by atoms with Crippen molar-refractivity contribution in [3.63, 3.8) is 0 Å². The maximum atomic E-state index is 12.7. The predicted octanol–water partition coefficient (Wildman–Crippen LogP) is 4.50. The number of amides is 1. The van der Waals surface area contributed by atoms with E-state index in [4.69, 9.17) is 11.6 Å². The maximum Gasteiger partial charge on any atom is 0.241 e. The number of hydrogen-bond acceptors (Lipinski definition) is 3. The minimum absolute atomic E-state index is 0. The fraction of sp³-hybridized carbons (Fsp3) is 0.278. The Hall–Kier alpha value is -1.20. The van der Waals surface area contributed by atoms with Crippen LogP contribution in [0.3, 0.4) is 0 Å². The molecule has 2 aromatic rings. The first-order valence-electron chi connectivity index (χ1n) is 7.51. The highest BCUT2D eigenvalue weighted by Gasteiger charge is 2.29. The Morgan fingerprint density at radius 3 is 2.54 bits per heavy atom. The van der Waals surface area contributed by atoms with Gasteiger partial charge in [0, 0.05) is 16.5 Å². The molecule has 128 valence electrons. The molecular weight excluding hydrogens is 363 g/mol. The van der Waals surface area contributed by atoms with E-state index < -0.39 is 0 Å². The Bertz CT molecular complexity index is 706.